The third-order valence-corrected chi connectivity index (χ3v) is 2.39. The van der Waals surface area contributed by atoms with Crippen LogP contribution in [0.15, 0.2) is 0 Å². The predicted molar refractivity (Wildman–Crippen MR) is 46.9 cm³/mol. The molecule has 0 aromatic carbocycles. The summed E-state index contributed by atoms with van der Waals surface area (Å²) in [6.45, 7) is 1.63. The fourth-order valence-corrected chi connectivity index (χ4v) is 1.13. The Morgan fingerprint density at radius 2 is 2.30 bits per heavy atom. The van der Waals surface area contributed by atoms with Gasteiger partial charge in [0.15, 0.2) is 0 Å². The average Bonchev–Trinajstić information content (AvgIpc) is 1.85. The van der Waals surface area contributed by atoms with Crippen molar-refractivity contribution >= 4 is 31.2 Å². The van der Waals surface area contributed by atoms with E-state index in [9.17, 15) is 4.79 Å². The minimum atomic E-state index is -1.31. The second kappa shape index (κ2) is 3.50. The maximum atomic E-state index is 10.5. The van der Waals surface area contributed by atoms with Crippen molar-refractivity contribution in [2.75, 3.05) is 5.75 Å². The van der Waals surface area contributed by atoms with Crippen molar-refractivity contribution in [3.63, 3.8) is 0 Å². The molecule has 0 aliphatic heterocycles. The van der Waals surface area contributed by atoms with Crippen molar-refractivity contribution in [2.24, 2.45) is 5.73 Å². The van der Waals surface area contributed by atoms with Crippen LogP contribution in [-0.4, -0.2) is 27.6 Å². The van der Waals surface area contributed by atoms with Gasteiger partial charge >= 0.3 is 5.97 Å². The van der Waals surface area contributed by atoms with Crippen LogP contribution in [0.4, 0.5) is 0 Å². The molecule has 0 aliphatic carbocycles. The molecule has 0 radical (unpaired) electrons. The molecule has 2 atom stereocenters. The van der Waals surface area contributed by atoms with Gasteiger partial charge in [-0.1, -0.05) is 6.92 Å². The maximum absolute atomic E-state index is 10.5. The molecule has 0 bridgehead atoms. The van der Waals surface area contributed by atoms with Crippen LogP contribution in [0.5, 0.6) is 0 Å². The van der Waals surface area contributed by atoms with Gasteiger partial charge in [0.1, 0.15) is 5.54 Å². The summed E-state index contributed by atoms with van der Waals surface area (Å²) < 4.78 is 0. The lowest BCUT2D eigenvalue weighted by molar-refractivity contribution is -0.142. The maximum Gasteiger partial charge on any atom is 0.325 e. The van der Waals surface area contributed by atoms with Crippen molar-refractivity contribution in [1.82, 2.24) is 0 Å². The van der Waals surface area contributed by atoms with Crippen molar-refractivity contribution in [3.05, 3.63) is 0 Å². The molecular weight excluding hydrogens is 170 g/mol. The lowest BCUT2D eigenvalue weighted by Crippen LogP contribution is -2.56. The molecule has 0 spiro atoms. The quantitative estimate of drug-likeness (QED) is 0.464. The smallest absolute Gasteiger partial charge is 0.325 e. The Bertz CT molecular complexity index is 140. The number of rotatable bonds is 3. The van der Waals surface area contributed by atoms with Gasteiger partial charge in [0.25, 0.3) is 0 Å². The Hall–Kier alpha value is 0.130. The fourth-order valence-electron chi connectivity index (χ4n) is 0.378. The SMILES string of the molecule is CC(S)C(N)(CS)C(=O)O. The molecule has 10 heavy (non-hydrogen) atoms. The van der Waals surface area contributed by atoms with E-state index in [1.54, 1.807) is 6.92 Å². The minimum Gasteiger partial charge on any atom is -0.480 e. The van der Waals surface area contributed by atoms with Gasteiger partial charge in [0.05, 0.1) is 0 Å². The Morgan fingerprint density at radius 1 is 1.90 bits per heavy atom. The van der Waals surface area contributed by atoms with E-state index >= 15 is 0 Å². The number of thiol groups is 2. The van der Waals surface area contributed by atoms with Crippen LogP contribution in [0.2, 0.25) is 0 Å². The first-order chi connectivity index (χ1) is 4.45. The first-order valence-corrected chi connectivity index (χ1v) is 3.91. The van der Waals surface area contributed by atoms with Gasteiger partial charge in [0, 0.05) is 11.0 Å². The molecule has 0 amide bonds. The number of nitrogens with two attached hydrogens (primary N) is 1. The van der Waals surface area contributed by atoms with Crippen molar-refractivity contribution in [2.45, 2.75) is 17.7 Å². The van der Waals surface area contributed by atoms with Crippen molar-refractivity contribution in [1.29, 1.82) is 0 Å². The summed E-state index contributed by atoms with van der Waals surface area (Å²) in [6.07, 6.45) is 0. The van der Waals surface area contributed by atoms with Gasteiger partial charge in [-0.25, -0.2) is 0 Å². The summed E-state index contributed by atoms with van der Waals surface area (Å²) in [6, 6.07) is 0. The molecule has 0 aromatic rings. The van der Waals surface area contributed by atoms with Gasteiger partial charge in [-0.3, -0.25) is 4.79 Å². The van der Waals surface area contributed by atoms with E-state index < -0.39 is 16.8 Å². The van der Waals surface area contributed by atoms with E-state index in [1.165, 1.54) is 0 Å². The van der Waals surface area contributed by atoms with Crippen molar-refractivity contribution in [3.8, 4) is 0 Å². The predicted octanol–water partition coefficient (Wildman–Crippen LogP) is 0.0166. The molecule has 0 fully saturated rings. The molecule has 0 saturated heterocycles. The number of carboxylic acid groups (broad SMARTS) is 1. The molecule has 2 unspecified atom stereocenters. The molecule has 0 saturated carbocycles. The summed E-state index contributed by atoms with van der Waals surface area (Å²) in [5.74, 6) is -0.975. The number of carbonyl (C=O) groups is 1. The first kappa shape index (κ1) is 10.1. The van der Waals surface area contributed by atoms with Crippen LogP contribution < -0.4 is 5.73 Å². The topological polar surface area (TPSA) is 63.3 Å². The van der Waals surface area contributed by atoms with Crippen LogP contribution in [-0.2, 0) is 4.79 Å². The standard InChI is InChI=1S/C5H11NO2S2/c1-3(10)5(6,2-9)4(7)8/h3,9-10H,2,6H2,1H3,(H,7,8). The first-order valence-electron chi connectivity index (χ1n) is 2.76. The van der Waals surface area contributed by atoms with Crippen LogP contribution in [0.1, 0.15) is 6.92 Å². The summed E-state index contributed by atoms with van der Waals surface area (Å²) in [5, 5.41) is 8.18. The lowest BCUT2D eigenvalue weighted by atomic mass is 10.0. The molecular formula is C5H11NO2S2. The number of carboxylic acids is 1. The molecule has 0 aliphatic rings. The van der Waals surface area contributed by atoms with E-state index in [4.69, 9.17) is 10.8 Å². The zero-order chi connectivity index (χ0) is 8.36. The molecule has 5 heteroatoms. The summed E-state index contributed by atoms with van der Waals surface area (Å²) in [4.78, 5) is 10.5. The van der Waals surface area contributed by atoms with Gasteiger partial charge in [-0.15, -0.1) is 0 Å². The largest absolute Gasteiger partial charge is 0.480 e. The Balaban J connectivity index is 4.38. The number of hydrogen-bond acceptors (Lipinski definition) is 4. The molecule has 3 nitrogen and oxygen atoms in total. The number of hydrogen-bond donors (Lipinski definition) is 4. The fraction of sp³-hybridized carbons (Fsp3) is 0.800. The highest BCUT2D eigenvalue weighted by Crippen LogP contribution is 2.14. The van der Waals surface area contributed by atoms with Crippen molar-refractivity contribution < 1.29 is 9.90 Å². The van der Waals surface area contributed by atoms with E-state index in [-0.39, 0.29) is 5.75 Å². The van der Waals surface area contributed by atoms with Gasteiger partial charge < -0.3 is 10.8 Å². The van der Waals surface area contributed by atoms with Gasteiger partial charge in [-0.2, -0.15) is 25.3 Å². The highest BCUT2D eigenvalue weighted by Gasteiger charge is 2.36. The molecule has 3 N–H and O–H groups in total. The van der Waals surface area contributed by atoms with Gasteiger partial charge in [-0.05, 0) is 0 Å². The Kier molecular flexibility index (Phi) is 3.55. The Labute approximate surface area is 70.8 Å². The van der Waals surface area contributed by atoms with E-state index in [0.29, 0.717) is 0 Å². The third kappa shape index (κ3) is 1.81. The van der Waals surface area contributed by atoms with E-state index in [2.05, 4.69) is 25.3 Å². The monoisotopic (exact) mass is 181 g/mol. The highest BCUT2D eigenvalue weighted by molar-refractivity contribution is 7.81. The van der Waals surface area contributed by atoms with Gasteiger partial charge in [0.2, 0.25) is 0 Å². The van der Waals surface area contributed by atoms with E-state index in [1.807, 2.05) is 0 Å². The highest BCUT2D eigenvalue weighted by atomic mass is 32.1. The minimum absolute atomic E-state index is 0.0903. The van der Waals surface area contributed by atoms with Crippen LogP contribution in [0.3, 0.4) is 0 Å². The zero-order valence-corrected chi connectivity index (χ0v) is 7.40. The zero-order valence-electron chi connectivity index (χ0n) is 5.61. The molecule has 0 rings (SSSR count). The normalized spacial score (nSPS) is 19.6. The van der Waals surface area contributed by atoms with Crippen LogP contribution in [0, 0.1) is 0 Å². The molecule has 60 valence electrons. The second-order valence-electron chi connectivity index (χ2n) is 2.18. The second-order valence-corrected chi connectivity index (χ2v) is 3.27. The van der Waals surface area contributed by atoms with Crippen LogP contribution in [0.25, 0.3) is 0 Å². The summed E-state index contributed by atoms with van der Waals surface area (Å²) >= 11 is 7.77. The Morgan fingerprint density at radius 3 is 2.30 bits per heavy atom. The van der Waals surface area contributed by atoms with Crippen LogP contribution >= 0.6 is 25.3 Å². The number of aliphatic carboxylic acids is 1. The molecule has 0 aromatic heterocycles. The average molecular weight is 181 g/mol. The third-order valence-electron chi connectivity index (χ3n) is 1.41. The molecule has 0 heterocycles. The summed E-state index contributed by atoms with van der Waals surface area (Å²) in [5.41, 5.74) is 4.12. The van der Waals surface area contributed by atoms with E-state index in [0.717, 1.165) is 0 Å². The summed E-state index contributed by atoms with van der Waals surface area (Å²) in [7, 11) is 0. The lowest BCUT2D eigenvalue weighted by Gasteiger charge is -2.25.